The van der Waals surface area contributed by atoms with Gasteiger partial charge in [0.1, 0.15) is 0 Å². The van der Waals surface area contributed by atoms with Gasteiger partial charge in [0.05, 0.1) is 37.4 Å². The second-order valence-corrected chi connectivity index (χ2v) is 5.33. The molecule has 1 saturated heterocycles. The number of imidazole rings is 1. The molecule has 0 radical (unpaired) electrons. The molecule has 1 aromatic heterocycles. The van der Waals surface area contributed by atoms with Gasteiger partial charge in [0.25, 0.3) is 0 Å². The van der Waals surface area contributed by atoms with E-state index in [1.807, 2.05) is 16.7 Å². The van der Waals surface area contributed by atoms with Gasteiger partial charge in [-0.1, -0.05) is 0 Å². The first-order valence-corrected chi connectivity index (χ1v) is 7.16. The molecule has 2 aromatic rings. The number of nitrogens with zero attached hydrogens (tertiary/aromatic N) is 2. The van der Waals surface area contributed by atoms with Gasteiger partial charge in [-0.15, -0.1) is 0 Å². The monoisotopic (exact) mass is 291 g/mol. The van der Waals surface area contributed by atoms with Crippen LogP contribution < -0.4 is 15.2 Å². The number of nitrogen functional groups attached to an aromatic ring is 1. The number of rotatable bonds is 4. The molecular formula is C15H21N3O3. The van der Waals surface area contributed by atoms with Crippen molar-refractivity contribution in [1.29, 1.82) is 0 Å². The number of aromatic nitrogens is 2. The lowest BCUT2D eigenvalue weighted by Gasteiger charge is -2.22. The Hall–Kier alpha value is -1.95. The van der Waals surface area contributed by atoms with Crippen LogP contribution >= 0.6 is 0 Å². The number of anilines is 1. The maximum Gasteiger partial charge on any atom is 0.201 e. The molecule has 2 atom stereocenters. The number of hydrogen-bond donors (Lipinski definition) is 1. The molecule has 6 heteroatoms. The summed E-state index contributed by atoms with van der Waals surface area (Å²) in [4.78, 5) is 4.44. The molecule has 2 heterocycles. The second kappa shape index (κ2) is 5.44. The van der Waals surface area contributed by atoms with Crippen molar-refractivity contribution in [1.82, 2.24) is 9.55 Å². The van der Waals surface area contributed by atoms with Crippen molar-refractivity contribution < 1.29 is 14.2 Å². The van der Waals surface area contributed by atoms with Crippen LogP contribution in [0.2, 0.25) is 0 Å². The molecule has 1 fully saturated rings. The fourth-order valence-electron chi connectivity index (χ4n) is 3.02. The van der Waals surface area contributed by atoms with E-state index < -0.39 is 0 Å². The number of benzene rings is 1. The lowest BCUT2D eigenvalue weighted by Crippen LogP contribution is -2.22. The summed E-state index contributed by atoms with van der Waals surface area (Å²) in [7, 11) is 3.23. The van der Waals surface area contributed by atoms with E-state index in [4.69, 9.17) is 19.9 Å². The van der Waals surface area contributed by atoms with E-state index in [1.165, 1.54) is 0 Å². The third kappa shape index (κ3) is 2.29. The van der Waals surface area contributed by atoms with E-state index in [1.54, 1.807) is 14.2 Å². The number of ether oxygens (including phenoxy) is 3. The van der Waals surface area contributed by atoms with E-state index in [0.717, 1.165) is 30.5 Å². The zero-order valence-corrected chi connectivity index (χ0v) is 12.6. The van der Waals surface area contributed by atoms with Crippen LogP contribution in [0.1, 0.15) is 25.8 Å². The van der Waals surface area contributed by atoms with E-state index in [9.17, 15) is 0 Å². The zero-order chi connectivity index (χ0) is 15.0. The van der Waals surface area contributed by atoms with E-state index in [-0.39, 0.29) is 12.1 Å². The van der Waals surface area contributed by atoms with E-state index in [0.29, 0.717) is 17.4 Å². The Kier molecular flexibility index (Phi) is 3.63. The molecule has 0 spiro atoms. The van der Waals surface area contributed by atoms with Crippen LogP contribution in [0, 0.1) is 0 Å². The molecule has 2 N–H and O–H groups in total. The van der Waals surface area contributed by atoms with Crippen LogP contribution in [-0.2, 0) is 4.74 Å². The molecule has 1 aliphatic heterocycles. The van der Waals surface area contributed by atoms with E-state index >= 15 is 0 Å². The van der Waals surface area contributed by atoms with Crippen molar-refractivity contribution in [2.45, 2.75) is 31.9 Å². The van der Waals surface area contributed by atoms with Crippen LogP contribution in [-0.4, -0.2) is 36.5 Å². The second-order valence-electron chi connectivity index (χ2n) is 5.33. The number of methoxy groups -OCH3 is 2. The minimum atomic E-state index is 0.135. The van der Waals surface area contributed by atoms with Gasteiger partial charge in [-0.05, 0) is 19.8 Å². The highest BCUT2D eigenvalue weighted by atomic mass is 16.5. The summed E-state index contributed by atoms with van der Waals surface area (Å²) in [6, 6.07) is 3.90. The largest absolute Gasteiger partial charge is 0.493 e. The third-order valence-corrected chi connectivity index (χ3v) is 4.13. The average Bonchev–Trinajstić information content (AvgIpc) is 3.11. The van der Waals surface area contributed by atoms with Gasteiger partial charge in [0.15, 0.2) is 11.5 Å². The van der Waals surface area contributed by atoms with Crippen molar-refractivity contribution in [3.8, 4) is 11.5 Å². The normalized spacial score (nSPS) is 19.9. The van der Waals surface area contributed by atoms with Crippen LogP contribution in [0.15, 0.2) is 12.1 Å². The minimum Gasteiger partial charge on any atom is -0.493 e. The highest BCUT2D eigenvalue weighted by molar-refractivity contribution is 5.82. The van der Waals surface area contributed by atoms with Crippen molar-refractivity contribution >= 4 is 17.0 Å². The highest BCUT2D eigenvalue weighted by Gasteiger charge is 2.27. The standard InChI is InChI=1S/C15H21N3O3/c1-9(12-5-4-6-21-12)18-11-8-14(20-3)13(19-2)7-10(11)17-15(18)16/h7-9,12H,4-6H2,1-3H3,(H2,16,17). The fraction of sp³-hybridized carbons (Fsp3) is 0.533. The Morgan fingerprint density at radius 2 is 2.05 bits per heavy atom. The van der Waals surface area contributed by atoms with Gasteiger partial charge in [-0.25, -0.2) is 4.98 Å². The van der Waals surface area contributed by atoms with Crippen LogP contribution in [0.5, 0.6) is 11.5 Å². The van der Waals surface area contributed by atoms with Crippen molar-refractivity contribution in [2.24, 2.45) is 0 Å². The Morgan fingerprint density at radius 1 is 1.33 bits per heavy atom. The molecule has 3 rings (SSSR count). The summed E-state index contributed by atoms with van der Waals surface area (Å²) < 4.78 is 18.5. The van der Waals surface area contributed by atoms with Gasteiger partial charge in [-0.2, -0.15) is 0 Å². The van der Waals surface area contributed by atoms with Gasteiger partial charge in [0, 0.05) is 18.7 Å². The summed E-state index contributed by atoms with van der Waals surface area (Å²) in [5.74, 6) is 1.81. The zero-order valence-electron chi connectivity index (χ0n) is 12.6. The summed E-state index contributed by atoms with van der Waals surface area (Å²) >= 11 is 0. The first-order valence-electron chi connectivity index (χ1n) is 7.16. The van der Waals surface area contributed by atoms with Crippen LogP contribution in [0.25, 0.3) is 11.0 Å². The molecule has 2 unspecified atom stereocenters. The number of fused-ring (bicyclic) bond motifs is 1. The van der Waals surface area contributed by atoms with Crippen LogP contribution in [0.4, 0.5) is 5.95 Å². The van der Waals surface area contributed by atoms with Gasteiger partial charge in [0.2, 0.25) is 5.95 Å². The average molecular weight is 291 g/mol. The number of nitrogens with two attached hydrogens (primary N) is 1. The Labute approximate surface area is 123 Å². The Morgan fingerprint density at radius 3 is 2.67 bits per heavy atom. The summed E-state index contributed by atoms with van der Waals surface area (Å²) in [6.45, 7) is 2.93. The summed E-state index contributed by atoms with van der Waals surface area (Å²) in [5.41, 5.74) is 7.86. The maximum atomic E-state index is 6.12. The Bertz CT molecular complexity index is 647. The van der Waals surface area contributed by atoms with Crippen molar-refractivity contribution in [3.63, 3.8) is 0 Å². The lowest BCUT2D eigenvalue weighted by molar-refractivity contribution is 0.0751. The van der Waals surface area contributed by atoms with Crippen molar-refractivity contribution in [2.75, 3.05) is 26.6 Å². The predicted octanol–water partition coefficient (Wildman–Crippen LogP) is 2.38. The molecule has 21 heavy (non-hydrogen) atoms. The van der Waals surface area contributed by atoms with Crippen LogP contribution in [0.3, 0.4) is 0 Å². The third-order valence-electron chi connectivity index (χ3n) is 4.13. The molecule has 0 bridgehead atoms. The number of hydrogen-bond acceptors (Lipinski definition) is 5. The molecule has 0 aliphatic carbocycles. The SMILES string of the molecule is COc1cc2nc(N)n(C(C)C3CCCO3)c2cc1OC. The molecule has 1 aliphatic rings. The fourth-order valence-corrected chi connectivity index (χ4v) is 3.02. The summed E-state index contributed by atoms with van der Waals surface area (Å²) in [6.07, 6.45) is 2.32. The maximum absolute atomic E-state index is 6.12. The predicted molar refractivity (Wildman–Crippen MR) is 80.9 cm³/mol. The van der Waals surface area contributed by atoms with Crippen molar-refractivity contribution in [3.05, 3.63) is 12.1 Å². The van der Waals surface area contributed by atoms with Gasteiger partial charge >= 0.3 is 0 Å². The molecular weight excluding hydrogens is 270 g/mol. The molecule has 1 aromatic carbocycles. The topological polar surface area (TPSA) is 71.5 Å². The molecule has 6 nitrogen and oxygen atoms in total. The first kappa shape index (κ1) is 14.0. The smallest absolute Gasteiger partial charge is 0.201 e. The summed E-state index contributed by atoms with van der Waals surface area (Å²) in [5, 5.41) is 0. The van der Waals surface area contributed by atoms with Gasteiger partial charge in [-0.3, -0.25) is 0 Å². The highest BCUT2D eigenvalue weighted by Crippen LogP contribution is 2.36. The molecule has 0 saturated carbocycles. The molecule has 114 valence electrons. The minimum absolute atomic E-state index is 0.135. The van der Waals surface area contributed by atoms with Gasteiger partial charge < -0.3 is 24.5 Å². The lowest BCUT2D eigenvalue weighted by atomic mass is 10.1. The first-order chi connectivity index (χ1) is 10.2. The Balaban J connectivity index is 2.11. The molecule has 0 amide bonds. The quantitative estimate of drug-likeness (QED) is 0.936. The van der Waals surface area contributed by atoms with E-state index in [2.05, 4.69) is 11.9 Å².